The van der Waals surface area contributed by atoms with Crippen LogP contribution in [0.2, 0.25) is 0 Å². The number of nitrogens with two attached hydrogens (primary N) is 1. The van der Waals surface area contributed by atoms with E-state index in [-0.39, 0.29) is 0 Å². The van der Waals surface area contributed by atoms with Gasteiger partial charge in [-0.2, -0.15) is 0 Å². The second-order valence-corrected chi connectivity index (χ2v) is 3.77. The molecule has 0 amide bonds. The van der Waals surface area contributed by atoms with Crippen molar-refractivity contribution in [2.24, 2.45) is 5.73 Å². The highest BCUT2D eigenvalue weighted by molar-refractivity contribution is 4.75. The molecule has 0 aromatic heterocycles. The topological polar surface area (TPSA) is 35.2 Å². The van der Waals surface area contributed by atoms with E-state index in [0.717, 1.165) is 13.0 Å². The second kappa shape index (κ2) is 5.55. The molecule has 0 radical (unpaired) electrons. The van der Waals surface area contributed by atoms with Crippen molar-refractivity contribution in [2.75, 3.05) is 6.61 Å². The first-order valence-electron chi connectivity index (χ1n) is 5.20. The molecule has 1 aliphatic rings. The van der Waals surface area contributed by atoms with Crippen molar-refractivity contribution in [3.63, 3.8) is 0 Å². The van der Waals surface area contributed by atoms with E-state index < -0.39 is 0 Å². The van der Waals surface area contributed by atoms with Crippen LogP contribution in [-0.2, 0) is 4.74 Å². The smallest absolute Gasteiger partial charge is 0.0589 e. The quantitative estimate of drug-likeness (QED) is 0.657. The Morgan fingerprint density at radius 1 is 1.42 bits per heavy atom. The minimum absolute atomic E-state index is 0.394. The summed E-state index contributed by atoms with van der Waals surface area (Å²) in [6, 6.07) is 0.394. The molecule has 0 heterocycles. The average Bonchev–Trinajstić information content (AvgIpc) is 2.05. The van der Waals surface area contributed by atoms with E-state index >= 15 is 0 Å². The molecule has 1 fully saturated rings. The van der Waals surface area contributed by atoms with Gasteiger partial charge < -0.3 is 10.5 Å². The van der Waals surface area contributed by atoms with E-state index in [4.69, 9.17) is 10.5 Å². The van der Waals surface area contributed by atoms with Crippen LogP contribution in [0.1, 0.15) is 45.4 Å². The van der Waals surface area contributed by atoms with Gasteiger partial charge in [0.1, 0.15) is 0 Å². The molecular weight excluding hydrogens is 150 g/mol. The maximum atomic E-state index is 5.85. The molecule has 0 bridgehead atoms. The fourth-order valence-electron chi connectivity index (χ4n) is 1.73. The zero-order valence-corrected chi connectivity index (χ0v) is 8.09. The maximum absolute atomic E-state index is 5.85. The van der Waals surface area contributed by atoms with Gasteiger partial charge in [-0.3, -0.25) is 0 Å². The number of ether oxygens (including phenoxy) is 1. The lowest BCUT2D eigenvalue weighted by molar-refractivity contribution is 0.0221. The van der Waals surface area contributed by atoms with E-state index in [1.54, 1.807) is 0 Å². The van der Waals surface area contributed by atoms with Gasteiger partial charge in [0, 0.05) is 12.6 Å². The largest absolute Gasteiger partial charge is 0.378 e. The summed E-state index contributed by atoms with van der Waals surface area (Å²) in [5, 5.41) is 0. The van der Waals surface area contributed by atoms with E-state index in [9.17, 15) is 0 Å². The summed E-state index contributed by atoms with van der Waals surface area (Å²) in [5.41, 5.74) is 5.85. The van der Waals surface area contributed by atoms with E-state index in [0.29, 0.717) is 12.1 Å². The van der Waals surface area contributed by atoms with Crippen molar-refractivity contribution in [1.29, 1.82) is 0 Å². The lowest BCUT2D eigenvalue weighted by atomic mass is 9.93. The highest BCUT2D eigenvalue weighted by atomic mass is 16.5. The third-order valence-corrected chi connectivity index (χ3v) is 2.52. The van der Waals surface area contributed by atoms with E-state index in [2.05, 4.69) is 6.92 Å². The SMILES string of the molecule is CCCCOC1CCCC(N)C1. The van der Waals surface area contributed by atoms with Gasteiger partial charge in [-0.15, -0.1) is 0 Å². The molecule has 0 aromatic carbocycles. The Kier molecular flexibility index (Phi) is 4.62. The zero-order valence-electron chi connectivity index (χ0n) is 8.09. The van der Waals surface area contributed by atoms with Crippen LogP contribution < -0.4 is 5.73 Å². The fraction of sp³-hybridized carbons (Fsp3) is 1.00. The highest BCUT2D eigenvalue weighted by Gasteiger charge is 2.18. The number of hydrogen-bond acceptors (Lipinski definition) is 2. The van der Waals surface area contributed by atoms with E-state index in [1.807, 2.05) is 0 Å². The number of unbranched alkanes of at least 4 members (excludes halogenated alkanes) is 1. The van der Waals surface area contributed by atoms with Crippen LogP contribution in [0, 0.1) is 0 Å². The summed E-state index contributed by atoms with van der Waals surface area (Å²) < 4.78 is 5.71. The summed E-state index contributed by atoms with van der Waals surface area (Å²) >= 11 is 0. The molecule has 2 N–H and O–H groups in total. The van der Waals surface area contributed by atoms with Gasteiger partial charge >= 0.3 is 0 Å². The molecular formula is C10H21NO. The summed E-state index contributed by atoms with van der Waals surface area (Å²) in [5.74, 6) is 0. The molecule has 1 rings (SSSR count). The first-order valence-corrected chi connectivity index (χ1v) is 5.20. The molecule has 2 heteroatoms. The fourth-order valence-corrected chi connectivity index (χ4v) is 1.73. The van der Waals surface area contributed by atoms with Gasteiger partial charge in [0.05, 0.1) is 6.10 Å². The lowest BCUT2D eigenvalue weighted by Crippen LogP contribution is -2.32. The van der Waals surface area contributed by atoms with Crippen LogP contribution in [0.5, 0.6) is 0 Å². The molecule has 1 saturated carbocycles. The maximum Gasteiger partial charge on any atom is 0.0589 e. The second-order valence-electron chi connectivity index (χ2n) is 3.77. The van der Waals surface area contributed by atoms with Crippen molar-refractivity contribution in [3.05, 3.63) is 0 Å². The third kappa shape index (κ3) is 3.55. The zero-order chi connectivity index (χ0) is 8.81. The summed E-state index contributed by atoms with van der Waals surface area (Å²) in [7, 11) is 0. The van der Waals surface area contributed by atoms with Gasteiger partial charge in [0.15, 0.2) is 0 Å². The standard InChI is InChI=1S/C10H21NO/c1-2-3-7-12-10-6-4-5-9(11)8-10/h9-10H,2-8,11H2,1H3. The normalized spacial score (nSPS) is 30.5. The van der Waals surface area contributed by atoms with Crippen molar-refractivity contribution in [1.82, 2.24) is 0 Å². The summed E-state index contributed by atoms with van der Waals surface area (Å²) in [6.45, 7) is 3.11. The van der Waals surface area contributed by atoms with Crippen molar-refractivity contribution in [3.8, 4) is 0 Å². The lowest BCUT2D eigenvalue weighted by Gasteiger charge is -2.26. The Labute approximate surface area is 75.5 Å². The minimum Gasteiger partial charge on any atom is -0.378 e. The van der Waals surface area contributed by atoms with Crippen molar-refractivity contribution < 1.29 is 4.74 Å². The van der Waals surface area contributed by atoms with Crippen molar-refractivity contribution in [2.45, 2.75) is 57.6 Å². The predicted molar refractivity (Wildman–Crippen MR) is 51.1 cm³/mol. The average molecular weight is 171 g/mol. The van der Waals surface area contributed by atoms with Gasteiger partial charge in [0.25, 0.3) is 0 Å². The Hall–Kier alpha value is -0.0800. The Bertz CT molecular complexity index is 116. The molecule has 0 aromatic rings. The molecule has 0 saturated heterocycles. The van der Waals surface area contributed by atoms with E-state index in [1.165, 1.54) is 32.1 Å². The van der Waals surface area contributed by atoms with Crippen LogP contribution in [0.25, 0.3) is 0 Å². The van der Waals surface area contributed by atoms with Crippen LogP contribution in [-0.4, -0.2) is 18.8 Å². The van der Waals surface area contributed by atoms with Crippen LogP contribution in [0.15, 0.2) is 0 Å². The molecule has 0 aliphatic heterocycles. The molecule has 1 aliphatic carbocycles. The number of rotatable bonds is 4. The molecule has 0 spiro atoms. The van der Waals surface area contributed by atoms with Gasteiger partial charge in [-0.05, 0) is 32.1 Å². The summed E-state index contributed by atoms with van der Waals surface area (Å²) in [4.78, 5) is 0. The molecule has 2 unspecified atom stereocenters. The molecule has 2 nitrogen and oxygen atoms in total. The predicted octanol–water partition coefficient (Wildman–Crippen LogP) is 2.07. The monoisotopic (exact) mass is 171 g/mol. The van der Waals surface area contributed by atoms with Crippen LogP contribution in [0.3, 0.4) is 0 Å². The Morgan fingerprint density at radius 3 is 2.92 bits per heavy atom. The van der Waals surface area contributed by atoms with Crippen LogP contribution in [0.4, 0.5) is 0 Å². The summed E-state index contributed by atoms with van der Waals surface area (Å²) in [6.07, 6.45) is 7.59. The Morgan fingerprint density at radius 2 is 2.25 bits per heavy atom. The number of hydrogen-bond donors (Lipinski definition) is 1. The molecule has 12 heavy (non-hydrogen) atoms. The van der Waals surface area contributed by atoms with Gasteiger partial charge in [-0.25, -0.2) is 0 Å². The van der Waals surface area contributed by atoms with Crippen molar-refractivity contribution >= 4 is 0 Å². The van der Waals surface area contributed by atoms with Crippen LogP contribution >= 0.6 is 0 Å². The molecule has 72 valence electrons. The minimum atomic E-state index is 0.394. The first kappa shape index (κ1) is 10.0. The first-order chi connectivity index (χ1) is 5.83. The Balaban J connectivity index is 2.06. The molecule has 2 atom stereocenters. The third-order valence-electron chi connectivity index (χ3n) is 2.52. The highest BCUT2D eigenvalue weighted by Crippen LogP contribution is 2.19. The van der Waals surface area contributed by atoms with Gasteiger partial charge in [-0.1, -0.05) is 13.3 Å². The van der Waals surface area contributed by atoms with Gasteiger partial charge in [0.2, 0.25) is 0 Å².